The molecule has 1 atom stereocenters. The van der Waals surface area contributed by atoms with Crippen LogP contribution in [-0.2, 0) is 0 Å². The highest BCUT2D eigenvalue weighted by Gasteiger charge is 2.43. The molecule has 62 valence electrons. The van der Waals surface area contributed by atoms with Crippen LogP contribution in [0, 0.1) is 6.54 Å². The van der Waals surface area contributed by atoms with Gasteiger partial charge in [-0.3, -0.25) is 0 Å². The number of rotatable bonds is 1. The second-order valence-corrected chi connectivity index (χ2v) is 1.95. The molecule has 1 unspecified atom stereocenters. The average molecular weight is 168 g/mol. The minimum absolute atomic E-state index is 0.623. The Labute approximate surface area is 60.5 Å². The molecule has 0 fully saturated rings. The minimum Gasteiger partial charge on any atom is -0.319 e. The highest BCUT2D eigenvalue weighted by Crippen LogP contribution is 2.27. The molecule has 0 aromatic carbocycles. The molecule has 0 amide bonds. The van der Waals surface area contributed by atoms with Gasteiger partial charge in [0, 0.05) is 0 Å². The van der Waals surface area contributed by atoms with Crippen molar-refractivity contribution in [2.45, 2.75) is 12.2 Å². The maximum Gasteiger partial charge on any atom is 0.412 e. The molecule has 0 aromatic heterocycles. The van der Waals surface area contributed by atoms with E-state index in [4.69, 9.17) is 0 Å². The zero-order chi connectivity index (χ0) is 8.48. The SMILES string of the molecule is FCN1[C]=NC(C(F)(F)F)[CH]1. The van der Waals surface area contributed by atoms with Crippen LogP contribution in [0.1, 0.15) is 0 Å². The molecule has 0 spiro atoms. The molecule has 1 aliphatic heterocycles. The van der Waals surface area contributed by atoms with E-state index in [0.29, 0.717) is 11.4 Å². The summed E-state index contributed by atoms with van der Waals surface area (Å²) in [6.45, 7) is -0.393. The van der Waals surface area contributed by atoms with Crippen LogP contribution in [0.5, 0.6) is 0 Å². The van der Waals surface area contributed by atoms with Gasteiger partial charge in [0.25, 0.3) is 0 Å². The predicted molar refractivity (Wildman–Crippen MR) is 29.4 cm³/mol. The fourth-order valence-electron chi connectivity index (χ4n) is 0.598. The van der Waals surface area contributed by atoms with E-state index in [-0.39, 0.29) is 0 Å². The van der Waals surface area contributed by atoms with Crippen molar-refractivity contribution in [1.82, 2.24) is 4.90 Å². The predicted octanol–water partition coefficient (Wildman–Crippen LogP) is 1.23. The highest BCUT2D eigenvalue weighted by molar-refractivity contribution is 5.59. The lowest BCUT2D eigenvalue weighted by molar-refractivity contribution is -0.140. The number of halogens is 4. The molecule has 1 aliphatic rings. The van der Waals surface area contributed by atoms with E-state index in [0.717, 1.165) is 0 Å². The third kappa shape index (κ3) is 1.81. The van der Waals surface area contributed by atoms with Gasteiger partial charge in [0.15, 0.2) is 19.2 Å². The molecule has 0 N–H and O–H groups in total. The summed E-state index contributed by atoms with van der Waals surface area (Å²) in [6, 6.07) is -1.93. The monoisotopic (exact) mass is 168 g/mol. The largest absolute Gasteiger partial charge is 0.412 e. The second kappa shape index (κ2) is 2.67. The van der Waals surface area contributed by atoms with Crippen LogP contribution in [-0.4, -0.2) is 30.3 Å². The van der Waals surface area contributed by atoms with Gasteiger partial charge in [-0.2, -0.15) is 13.2 Å². The molecule has 6 heteroatoms. The number of hydrogen-bond acceptors (Lipinski definition) is 2. The summed E-state index contributed by atoms with van der Waals surface area (Å²) in [4.78, 5) is 3.54. The van der Waals surface area contributed by atoms with E-state index in [2.05, 4.69) is 4.99 Å². The van der Waals surface area contributed by atoms with Crippen molar-refractivity contribution in [2.75, 3.05) is 6.80 Å². The summed E-state index contributed by atoms with van der Waals surface area (Å²) < 4.78 is 46.9. The lowest BCUT2D eigenvalue weighted by atomic mass is 10.3. The lowest BCUT2D eigenvalue weighted by Crippen LogP contribution is -2.28. The first kappa shape index (κ1) is 8.29. The van der Waals surface area contributed by atoms with Gasteiger partial charge in [-0.1, -0.05) is 0 Å². The summed E-state index contributed by atoms with van der Waals surface area (Å²) in [7, 11) is 0. The molecule has 2 radical (unpaired) electrons. The summed E-state index contributed by atoms with van der Waals surface area (Å²) >= 11 is 0. The van der Waals surface area contributed by atoms with Gasteiger partial charge in [0.05, 0.1) is 6.54 Å². The van der Waals surface area contributed by atoms with E-state index in [1.807, 2.05) is 6.34 Å². The van der Waals surface area contributed by atoms with Gasteiger partial charge < -0.3 is 4.90 Å². The Balaban J connectivity index is 2.50. The van der Waals surface area contributed by atoms with Gasteiger partial charge >= 0.3 is 6.18 Å². The van der Waals surface area contributed by atoms with Crippen molar-refractivity contribution in [3.05, 3.63) is 6.54 Å². The fraction of sp³-hybridized carbons (Fsp3) is 0.600. The molecule has 11 heavy (non-hydrogen) atoms. The van der Waals surface area contributed by atoms with E-state index < -0.39 is 19.0 Å². The van der Waals surface area contributed by atoms with Crippen molar-refractivity contribution in [3.8, 4) is 0 Å². The highest BCUT2D eigenvalue weighted by atomic mass is 19.4. The lowest BCUT2D eigenvalue weighted by Gasteiger charge is -2.12. The van der Waals surface area contributed by atoms with E-state index in [9.17, 15) is 17.6 Å². The smallest absolute Gasteiger partial charge is 0.319 e. The van der Waals surface area contributed by atoms with Gasteiger partial charge in [-0.25, -0.2) is 9.38 Å². The summed E-state index contributed by atoms with van der Waals surface area (Å²) in [5.41, 5.74) is 0. The van der Waals surface area contributed by atoms with Crippen LogP contribution >= 0.6 is 0 Å². The Hall–Kier alpha value is -0.810. The average Bonchev–Trinajstić information content (AvgIpc) is 2.32. The molecule has 0 aliphatic carbocycles. The maximum absolute atomic E-state index is 11.8. The van der Waals surface area contributed by atoms with E-state index in [1.165, 1.54) is 0 Å². The first-order valence-corrected chi connectivity index (χ1v) is 2.74. The third-order valence-electron chi connectivity index (χ3n) is 1.11. The van der Waals surface area contributed by atoms with Gasteiger partial charge in [0.1, 0.15) is 0 Å². The van der Waals surface area contributed by atoms with Crippen molar-refractivity contribution in [3.63, 3.8) is 0 Å². The first-order valence-electron chi connectivity index (χ1n) is 2.74. The topological polar surface area (TPSA) is 15.6 Å². The first-order chi connectivity index (χ1) is 5.04. The van der Waals surface area contributed by atoms with Crippen molar-refractivity contribution < 1.29 is 17.6 Å². The van der Waals surface area contributed by atoms with Crippen molar-refractivity contribution >= 4 is 6.34 Å². The van der Waals surface area contributed by atoms with E-state index >= 15 is 0 Å². The molecule has 2 nitrogen and oxygen atoms in total. The normalized spacial score (nSPS) is 24.7. The number of hydrogen-bond donors (Lipinski definition) is 0. The van der Waals surface area contributed by atoms with Gasteiger partial charge in [-0.15, -0.1) is 0 Å². The number of alkyl halides is 4. The van der Waals surface area contributed by atoms with Crippen LogP contribution < -0.4 is 0 Å². The molecule has 0 saturated carbocycles. The number of nitrogens with zero attached hydrogens (tertiary/aromatic N) is 2. The summed E-state index contributed by atoms with van der Waals surface area (Å²) in [6.07, 6.45) is -2.56. The van der Waals surface area contributed by atoms with Gasteiger partial charge in [0.2, 0.25) is 0 Å². The third-order valence-corrected chi connectivity index (χ3v) is 1.11. The van der Waals surface area contributed by atoms with Crippen molar-refractivity contribution in [1.29, 1.82) is 0 Å². The fourth-order valence-corrected chi connectivity index (χ4v) is 0.598. The Morgan fingerprint density at radius 1 is 1.55 bits per heavy atom. The van der Waals surface area contributed by atoms with Crippen molar-refractivity contribution in [2.24, 2.45) is 4.99 Å². The van der Waals surface area contributed by atoms with Crippen LogP contribution in [0.3, 0.4) is 0 Å². The zero-order valence-corrected chi connectivity index (χ0v) is 5.27. The summed E-state index contributed by atoms with van der Waals surface area (Å²) in [5.74, 6) is 0. The van der Waals surface area contributed by atoms with Crippen LogP contribution in [0.25, 0.3) is 0 Å². The molecule has 0 bridgehead atoms. The van der Waals surface area contributed by atoms with E-state index in [1.54, 1.807) is 0 Å². The molecule has 1 rings (SSSR count). The standard InChI is InChI=1S/C5H4F4N2/c6-2-11-1-4(10-3-11)5(7,8)9/h1,4H,2H2. The molecule has 1 heterocycles. The Morgan fingerprint density at radius 3 is 2.45 bits per heavy atom. The van der Waals surface area contributed by atoms with Crippen LogP contribution in [0.2, 0.25) is 0 Å². The Morgan fingerprint density at radius 2 is 2.18 bits per heavy atom. The molecular weight excluding hydrogens is 164 g/mol. The second-order valence-electron chi connectivity index (χ2n) is 1.95. The zero-order valence-electron chi connectivity index (χ0n) is 5.27. The molecular formula is C5H4F4N2. The minimum atomic E-state index is -4.43. The quantitative estimate of drug-likeness (QED) is 0.424. The summed E-state index contributed by atoms with van der Waals surface area (Å²) in [5, 5.41) is 0. The molecule has 0 aromatic rings. The number of aliphatic imine (C=N–C) groups is 1. The van der Waals surface area contributed by atoms with Gasteiger partial charge in [-0.05, 0) is 0 Å². The Kier molecular flexibility index (Phi) is 2.01. The maximum atomic E-state index is 11.8. The molecule has 0 saturated heterocycles. The Bertz CT molecular complexity index is 164. The van der Waals surface area contributed by atoms with Crippen LogP contribution in [0.4, 0.5) is 17.6 Å². The van der Waals surface area contributed by atoms with Crippen LogP contribution in [0.15, 0.2) is 4.99 Å².